The fourth-order valence-electron chi connectivity index (χ4n) is 6.43. The summed E-state index contributed by atoms with van der Waals surface area (Å²) in [5, 5.41) is 12.1. The van der Waals surface area contributed by atoms with Crippen LogP contribution in [0, 0.1) is 0 Å². The average Bonchev–Trinajstić information content (AvgIpc) is 3.12. The standard InChI is InChI=1S/C43H74N6O2/c1-5-9-13-15-17-19-31-48(29-11-7-3)33-27-44-42(50)46-40-25-21-23-38(36-40)35-39-24-22-26-41(37-39)47-43(51)45-28-34-49(30-12-8-4)32-20-18-16-14-10-6-2/h21-26,36-37H,5-20,27-35H2,1-4H3,(H2,44,46,50)(H2,45,47,51). The second-order valence-corrected chi connectivity index (χ2v) is 14.3. The SMILES string of the molecule is CCCCCCCCN(CCCC)CCNC(=O)Nc1cccc(Cc2cccc(NC(=O)NCCN(CCCC)CCCCCCCC)c2)c1. The van der Waals surface area contributed by atoms with Crippen LogP contribution in [-0.2, 0) is 6.42 Å². The van der Waals surface area contributed by atoms with Gasteiger partial charge in [0.15, 0.2) is 0 Å². The smallest absolute Gasteiger partial charge is 0.319 e. The first kappa shape index (κ1) is 44.1. The molecule has 0 fully saturated rings. The van der Waals surface area contributed by atoms with Crippen LogP contribution in [0.3, 0.4) is 0 Å². The molecule has 0 aromatic heterocycles. The first-order chi connectivity index (χ1) is 25.0. The number of amides is 4. The van der Waals surface area contributed by atoms with Gasteiger partial charge in [-0.2, -0.15) is 0 Å². The third kappa shape index (κ3) is 22.4. The number of rotatable bonds is 30. The minimum Gasteiger partial charge on any atom is -0.337 e. The van der Waals surface area contributed by atoms with Crippen molar-refractivity contribution in [2.75, 3.05) is 63.0 Å². The van der Waals surface area contributed by atoms with Crippen LogP contribution in [0.15, 0.2) is 48.5 Å². The first-order valence-electron chi connectivity index (χ1n) is 20.7. The van der Waals surface area contributed by atoms with Crippen molar-refractivity contribution in [3.63, 3.8) is 0 Å². The Morgan fingerprint density at radius 3 is 1.25 bits per heavy atom. The van der Waals surface area contributed by atoms with E-state index in [-0.39, 0.29) is 12.1 Å². The molecule has 2 aromatic carbocycles. The molecule has 0 unspecified atom stereocenters. The lowest BCUT2D eigenvalue weighted by atomic mass is 10.0. The zero-order chi connectivity index (χ0) is 36.8. The van der Waals surface area contributed by atoms with Crippen LogP contribution in [0.2, 0.25) is 0 Å². The van der Waals surface area contributed by atoms with Crippen LogP contribution in [0.4, 0.5) is 21.0 Å². The van der Waals surface area contributed by atoms with Crippen molar-refractivity contribution >= 4 is 23.4 Å². The number of nitrogens with one attached hydrogen (secondary N) is 4. The highest BCUT2D eigenvalue weighted by Gasteiger charge is 2.09. The molecule has 0 aliphatic rings. The molecule has 0 atom stereocenters. The molecule has 288 valence electrons. The maximum absolute atomic E-state index is 12.7. The fourth-order valence-corrected chi connectivity index (χ4v) is 6.43. The molecule has 4 N–H and O–H groups in total. The topological polar surface area (TPSA) is 88.7 Å². The van der Waals surface area contributed by atoms with E-state index in [4.69, 9.17) is 0 Å². The molecule has 8 nitrogen and oxygen atoms in total. The molecule has 8 heteroatoms. The summed E-state index contributed by atoms with van der Waals surface area (Å²) in [7, 11) is 0. The van der Waals surface area contributed by atoms with Gasteiger partial charge in [-0.15, -0.1) is 0 Å². The van der Waals surface area contributed by atoms with Crippen LogP contribution in [0.5, 0.6) is 0 Å². The number of unbranched alkanes of at least 4 members (excludes halogenated alkanes) is 12. The van der Waals surface area contributed by atoms with Crippen LogP contribution in [0.25, 0.3) is 0 Å². The van der Waals surface area contributed by atoms with Gasteiger partial charge in [-0.1, -0.05) is 129 Å². The summed E-state index contributed by atoms with van der Waals surface area (Å²) in [5.41, 5.74) is 3.74. The summed E-state index contributed by atoms with van der Waals surface area (Å²) in [5.74, 6) is 0. The Bertz CT molecular complexity index is 1090. The molecule has 0 aliphatic carbocycles. The monoisotopic (exact) mass is 707 g/mol. The van der Waals surface area contributed by atoms with Gasteiger partial charge in [0.2, 0.25) is 0 Å². The Hall–Kier alpha value is -3.10. The third-order valence-corrected chi connectivity index (χ3v) is 9.52. The molecule has 0 aliphatic heterocycles. The number of carbonyl (C=O) groups is 2. The zero-order valence-corrected chi connectivity index (χ0v) is 33.0. The summed E-state index contributed by atoms with van der Waals surface area (Å²) < 4.78 is 0. The van der Waals surface area contributed by atoms with E-state index in [0.717, 1.165) is 61.8 Å². The quantitative estimate of drug-likeness (QED) is 0.0609. The number of anilines is 2. The summed E-state index contributed by atoms with van der Waals surface area (Å²) in [6.45, 7) is 16.4. The second kappa shape index (κ2) is 29.5. The second-order valence-electron chi connectivity index (χ2n) is 14.3. The van der Waals surface area contributed by atoms with Gasteiger partial charge < -0.3 is 31.1 Å². The zero-order valence-electron chi connectivity index (χ0n) is 33.0. The van der Waals surface area contributed by atoms with Crippen molar-refractivity contribution in [2.24, 2.45) is 0 Å². The van der Waals surface area contributed by atoms with E-state index in [2.05, 4.69) is 70.9 Å². The molecule has 0 spiro atoms. The summed E-state index contributed by atoms with van der Waals surface area (Å²) in [6, 6.07) is 15.6. The number of hydrogen-bond donors (Lipinski definition) is 4. The summed E-state index contributed by atoms with van der Waals surface area (Å²) >= 11 is 0. The van der Waals surface area contributed by atoms with Crippen molar-refractivity contribution in [1.29, 1.82) is 0 Å². The fraction of sp³-hybridized carbons (Fsp3) is 0.674. The van der Waals surface area contributed by atoms with Crippen molar-refractivity contribution in [3.8, 4) is 0 Å². The highest BCUT2D eigenvalue weighted by molar-refractivity contribution is 5.90. The van der Waals surface area contributed by atoms with Gasteiger partial charge in [0.1, 0.15) is 0 Å². The Labute approximate surface area is 312 Å². The van der Waals surface area contributed by atoms with Gasteiger partial charge in [-0.25, -0.2) is 9.59 Å². The largest absolute Gasteiger partial charge is 0.337 e. The van der Waals surface area contributed by atoms with Crippen molar-refractivity contribution in [3.05, 3.63) is 59.7 Å². The van der Waals surface area contributed by atoms with Gasteiger partial charge in [0.05, 0.1) is 0 Å². The molecule has 0 saturated heterocycles. The Balaban J connectivity index is 1.77. The molecule has 51 heavy (non-hydrogen) atoms. The molecule has 2 aromatic rings. The molecular formula is C43H74N6O2. The van der Waals surface area contributed by atoms with E-state index in [9.17, 15) is 9.59 Å². The predicted molar refractivity (Wildman–Crippen MR) is 219 cm³/mol. The van der Waals surface area contributed by atoms with E-state index in [1.165, 1.54) is 103 Å². The van der Waals surface area contributed by atoms with Crippen LogP contribution < -0.4 is 21.3 Å². The minimum atomic E-state index is -0.171. The normalized spacial score (nSPS) is 11.3. The Kier molecular flexibility index (Phi) is 25.5. The van der Waals surface area contributed by atoms with Gasteiger partial charge in [-0.05, 0) is 93.7 Å². The van der Waals surface area contributed by atoms with E-state index >= 15 is 0 Å². The molecule has 0 bridgehead atoms. The van der Waals surface area contributed by atoms with E-state index < -0.39 is 0 Å². The lowest BCUT2D eigenvalue weighted by molar-refractivity contribution is 0.241. The number of urea groups is 2. The van der Waals surface area contributed by atoms with Crippen molar-refractivity contribution in [2.45, 2.75) is 137 Å². The van der Waals surface area contributed by atoms with Crippen molar-refractivity contribution in [1.82, 2.24) is 20.4 Å². The maximum Gasteiger partial charge on any atom is 0.319 e. The van der Waals surface area contributed by atoms with Gasteiger partial charge in [-0.3, -0.25) is 0 Å². The molecule has 4 amide bonds. The van der Waals surface area contributed by atoms with Gasteiger partial charge in [0, 0.05) is 37.6 Å². The molecule has 0 saturated carbocycles. The lowest BCUT2D eigenvalue weighted by Crippen LogP contribution is -2.37. The molecule has 2 rings (SSSR count). The molecule has 0 heterocycles. The highest BCUT2D eigenvalue weighted by atomic mass is 16.2. The Morgan fingerprint density at radius 2 is 0.843 bits per heavy atom. The molecule has 0 radical (unpaired) electrons. The van der Waals surface area contributed by atoms with E-state index in [1.54, 1.807) is 0 Å². The number of nitrogens with zero attached hydrogens (tertiary/aromatic N) is 2. The minimum absolute atomic E-state index is 0.171. The highest BCUT2D eigenvalue weighted by Crippen LogP contribution is 2.18. The molecular weight excluding hydrogens is 633 g/mol. The van der Waals surface area contributed by atoms with Crippen LogP contribution >= 0.6 is 0 Å². The number of benzene rings is 2. The van der Waals surface area contributed by atoms with Crippen molar-refractivity contribution < 1.29 is 9.59 Å². The summed E-state index contributed by atoms with van der Waals surface area (Å²) in [6.07, 6.45) is 21.1. The van der Waals surface area contributed by atoms with Gasteiger partial charge >= 0.3 is 12.1 Å². The first-order valence-corrected chi connectivity index (χ1v) is 20.7. The van der Waals surface area contributed by atoms with E-state index in [0.29, 0.717) is 19.5 Å². The maximum atomic E-state index is 12.7. The van der Waals surface area contributed by atoms with Crippen LogP contribution in [-0.4, -0.2) is 74.2 Å². The van der Waals surface area contributed by atoms with Crippen LogP contribution in [0.1, 0.15) is 142 Å². The van der Waals surface area contributed by atoms with Gasteiger partial charge in [0.25, 0.3) is 0 Å². The average molecular weight is 707 g/mol. The lowest BCUT2D eigenvalue weighted by Gasteiger charge is -2.22. The Morgan fingerprint density at radius 1 is 0.471 bits per heavy atom. The summed E-state index contributed by atoms with van der Waals surface area (Å²) in [4.78, 5) is 30.5. The number of carbonyl (C=O) groups excluding carboxylic acids is 2. The number of hydrogen-bond acceptors (Lipinski definition) is 4. The third-order valence-electron chi connectivity index (χ3n) is 9.52. The van der Waals surface area contributed by atoms with E-state index in [1.807, 2.05) is 36.4 Å². The predicted octanol–water partition coefficient (Wildman–Crippen LogP) is 10.4.